The van der Waals surface area contributed by atoms with Gasteiger partial charge in [-0.15, -0.1) is 0 Å². The van der Waals surface area contributed by atoms with E-state index in [0.717, 1.165) is 24.1 Å². The van der Waals surface area contributed by atoms with E-state index in [4.69, 9.17) is 4.74 Å². The summed E-state index contributed by atoms with van der Waals surface area (Å²) in [5.74, 6) is -0.0660. The van der Waals surface area contributed by atoms with Crippen molar-refractivity contribution in [3.8, 4) is 0 Å². The van der Waals surface area contributed by atoms with Gasteiger partial charge in [-0.05, 0) is 26.2 Å². The molecule has 76 valence electrons. The molecule has 0 radical (unpaired) electrons. The SMILES string of the molecule is CC[N+]1(CC(=O)OC)CCCCC1. The molecule has 1 heterocycles. The fourth-order valence-electron chi connectivity index (χ4n) is 2.11. The first-order chi connectivity index (χ1) is 6.22. The topological polar surface area (TPSA) is 26.3 Å². The summed E-state index contributed by atoms with van der Waals surface area (Å²) in [6.45, 7) is 6.06. The van der Waals surface area contributed by atoms with Gasteiger partial charge in [0.15, 0.2) is 6.54 Å². The van der Waals surface area contributed by atoms with E-state index in [1.807, 2.05) is 0 Å². The van der Waals surface area contributed by atoms with Crippen LogP contribution in [-0.4, -0.2) is 43.7 Å². The van der Waals surface area contributed by atoms with Crippen molar-refractivity contribution < 1.29 is 14.0 Å². The number of rotatable bonds is 3. The fourth-order valence-corrected chi connectivity index (χ4v) is 2.11. The summed E-state index contributed by atoms with van der Waals surface area (Å²) >= 11 is 0. The molecular weight excluding hydrogens is 166 g/mol. The minimum atomic E-state index is -0.0660. The van der Waals surface area contributed by atoms with Gasteiger partial charge in [0.1, 0.15) is 0 Å². The lowest BCUT2D eigenvalue weighted by atomic mass is 10.1. The molecule has 3 nitrogen and oxygen atoms in total. The molecular formula is C10H20NO2+. The number of nitrogens with zero attached hydrogens (tertiary/aromatic N) is 1. The summed E-state index contributed by atoms with van der Waals surface area (Å²) in [7, 11) is 1.47. The third-order valence-electron chi connectivity index (χ3n) is 3.13. The van der Waals surface area contributed by atoms with E-state index in [-0.39, 0.29) is 5.97 Å². The lowest BCUT2D eigenvalue weighted by Crippen LogP contribution is -2.54. The first kappa shape index (κ1) is 10.5. The summed E-state index contributed by atoms with van der Waals surface area (Å²) in [4.78, 5) is 11.2. The van der Waals surface area contributed by atoms with Crippen molar-refractivity contribution >= 4 is 5.97 Å². The minimum Gasteiger partial charge on any atom is -0.465 e. The largest absolute Gasteiger partial charge is 0.465 e. The monoisotopic (exact) mass is 186 g/mol. The maximum absolute atomic E-state index is 11.2. The van der Waals surface area contributed by atoms with Crippen LogP contribution in [0.25, 0.3) is 0 Å². The standard InChI is InChI=1S/C10H20NO2/c1-3-11(9-10(12)13-2)7-5-4-6-8-11/h3-9H2,1-2H3/q+1. The third kappa shape index (κ3) is 2.69. The molecule has 0 bridgehead atoms. The summed E-state index contributed by atoms with van der Waals surface area (Å²) in [6, 6.07) is 0. The Hall–Kier alpha value is -0.570. The van der Waals surface area contributed by atoms with Crippen LogP contribution in [0, 0.1) is 0 Å². The molecule has 0 saturated carbocycles. The zero-order valence-electron chi connectivity index (χ0n) is 8.71. The van der Waals surface area contributed by atoms with Gasteiger partial charge in [0.2, 0.25) is 0 Å². The molecule has 0 aromatic heterocycles. The number of quaternary nitrogens is 1. The molecule has 0 N–H and O–H groups in total. The van der Waals surface area contributed by atoms with Crippen LogP contribution in [0.2, 0.25) is 0 Å². The Kier molecular flexibility index (Phi) is 3.72. The Morgan fingerprint density at radius 2 is 1.92 bits per heavy atom. The number of ether oxygens (including phenoxy) is 1. The number of likely N-dealkylation sites (N-methyl/N-ethyl adjacent to an activating group) is 1. The number of hydrogen-bond acceptors (Lipinski definition) is 2. The zero-order valence-corrected chi connectivity index (χ0v) is 8.71. The van der Waals surface area contributed by atoms with Gasteiger partial charge < -0.3 is 9.22 Å². The molecule has 1 rings (SSSR count). The second kappa shape index (κ2) is 4.61. The first-order valence-electron chi connectivity index (χ1n) is 5.14. The number of methoxy groups -OCH3 is 1. The minimum absolute atomic E-state index is 0.0660. The van der Waals surface area contributed by atoms with Gasteiger partial charge in [0, 0.05) is 0 Å². The summed E-state index contributed by atoms with van der Waals surface area (Å²) in [5, 5.41) is 0. The molecule has 13 heavy (non-hydrogen) atoms. The third-order valence-corrected chi connectivity index (χ3v) is 3.13. The second-order valence-electron chi connectivity index (χ2n) is 3.90. The van der Waals surface area contributed by atoms with Crippen molar-refractivity contribution in [1.82, 2.24) is 0 Å². The van der Waals surface area contributed by atoms with Crippen LogP contribution in [0.5, 0.6) is 0 Å². The maximum Gasteiger partial charge on any atom is 0.361 e. The predicted molar refractivity (Wildman–Crippen MR) is 51.3 cm³/mol. The number of piperidine rings is 1. The summed E-state index contributed by atoms with van der Waals surface area (Å²) in [5.41, 5.74) is 0. The van der Waals surface area contributed by atoms with Gasteiger partial charge in [-0.25, -0.2) is 4.79 Å². The lowest BCUT2D eigenvalue weighted by Gasteiger charge is -2.39. The number of esters is 1. The van der Waals surface area contributed by atoms with Crippen LogP contribution < -0.4 is 0 Å². The smallest absolute Gasteiger partial charge is 0.361 e. The summed E-state index contributed by atoms with van der Waals surface area (Å²) < 4.78 is 5.66. The first-order valence-corrected chi connectivity index (χ1v) is 5.14. The summed E-state index contributed by atoms with van der Waals surface area (Å²) in [6.07, 6.45) is 3.83. The Morgan fingerprint density at radius 1 is 1.31 bits per heavy atom. The van der Waals surface area contributed by atoms with Crippen LogP contribution in [0.1, 0.15) is 26.2 Å². The molecule has 0 unspecified atom stereocenters. The molecule has 3 heteroatoms. The van der Waals surface area contributed by atoms with E-state index >= 15 is 0 Å². The zero-order chi connectivity index (χ0) is 9.73. The number of carbonyl (C=O) groups excluding carboxylic acids is 1. The van der Waals surface area contributed by atoms with Crippen LogP contribution in [0.3, 0.4) is 0 Å². The molecule has 1 saturated heterocycles. The van der Waals surface area contributed by atoms with Crippen molar-refractivity contribution in [2.75, 3.05) is 33.3 Å². The molecule has 0 spiro atoms. The van der Waals surface area contributed by atoms with E-state index in [1.165, 1.54) is 26.4 Å². The Bertz CT molecular complexity index is 174. The van der Waals surface area contributed by atoms with E-state index in [1.54, 1.807) is 0 Å². The Morgan fingerprint density at radius 3 is 2.38 bits per heavy atom. The van der Waals surface area contributed by atoms with Crippen LogP contribution in [0.15, 0.2) is 0 Å². The van der Waals surface area contributed by atoms with Gasteiger partial charge in [0.05, 0.1) is 26.7 Å². The second-order valence-corrected chi connectivity index (χ2v) is 3.90. The Labute approximate surface area is 80.3 Å². The fraction of sp³-hybridized carbons (Fsp3) is 0.900. The molecule has 0 aromatic rings. The van der Waals surface area contributed by atoms with Crippen molar-refractivity contribution in [1.29, 1.82) is 0 Å². The quantitative estimate of drug-likeness (QED) is 0.488. The predicted octanol–water partition coefficient (Wildman–Crippen LogP) is 1.18. The van der Waals surface area contributed by atoms with Gasteiger partial charge in [-0.1, -0.05) is 0 Å². The van der Waals surface area contributed by atoms with Gasteiger partial charge >= 0.3 is 5.97 Å². The highest BCUT2D eigenvalue weighted by atomic mass is 16.5. The number of likely N-dealkylation sites (tertiary alicyclic amines) is 1. The van der Waals surface area contributed by atoms with Crippen molar-refractivity contribution in [3.05, 3.63) is 0 Å². The normalized spacial score (nSPS) is 21.1. The van der Waals surface area contributed by atoms with Crippen LogP contribution in [-0.2, 0) is 9.53 Å². The van der Waals surface area contributed by atoms with Gasteiger partial charge in [-0.2, -0.15) is 0 Å². The van der Waals surface area contributed by atoms with Gasteiger partial charge in [-0.3, -0.25) is 0 Å². The van der Waals surface area contributed by atoms with E-state index in [2.05, 4.69) is 6.92 Å². The number of carbonyl (C=O) groups is 1. The molecule has 1 aliphatic rings. The van der Waals surface area contributed by atoms with E-state index in [9.17, 15) is 4.79 Å². The number of hydrogen-bond donors (Lipinski definition) is 0. The molecule has 0 amide bonds. The lowest BCUT2D eigenvalue weighted by molar-refractivity contribution is -0.924. The average molecular weight is 186 g/mol. The molecule has 1 fully saturated rings. The highest BCUT2D eigenvalue weighted by molar-refractivity contribution is 5.70. The Balaban J connectivity index is 2.52. The van der Waals surface area contributed by atoms with Crippen LogP contribution in [0.4, 0.5) is 0 Å². The average Bonchev–Trinajstić information content (AvgIpc) is 2.19. The van der Waals surface area contributed by atoms with Crippen molar-refractivity contribution in [2.24, 2.45) is 0 Å². The van der Waals surface area contributed by atoms with Crippen molar-refractivity contribution in [2.45, 2.75) is 26.2 Å². The molecule has 0 aliphatic carbocycles. The van der Waals surface area contributed by atoms with Crippen LogP contribution >= 0.6 is 0 Å². The van der Waals surface area contributed by atoms with E-state index in [0.29, 0.717) is 6.54 Å². The maximum atomic E-state index is 11.2. The van der Waals surface area contributed by atoms with Gasteiger partial charge in [0.25, 0.3) is 0 Å². The van der Waals surface area contributed by atoms with E-state index < -0.39 is 0 Å². The highest BCUT2D eigenvalue weighted by Gasteiger charge is 2.30. The highest BCUT2D eigenvalue weighted by Crippen LogP contribution is 2.18. The molecule has 0 aromatic carbocycles. The molecule has 0 atom stereocenters. The van der Waals surface area contributed by atoms with Crippen molar-refractivity contribution in [3.63, 3.8) is 0 Å². The molecule has 1 aliphatic heterocycles.